The number of nitrogens with one attached hydrogen (secondary N) is 1. The zero-order valence-electron chi connectivity index (χ0n) is 13.5. The summed E-state index contributed by atoms with van der Waals surface area (Å²) in [7, 11) is 2.00. The van der Waals surface area contributed by atoms with Crippen LogP contribution in [0, 0.1) is 6.92 Å². The van der Waals surface area contributed by atoms with Gasteiger partial charge in [0.25, 0.3) is 0 Å². The summed E-state index contributed by atoms with van der Waals surface area (Å²) in [6, 6.07) is 0.535. The SMILES string of the molecule is CCN(CC)CCCC(C)NCc1c(Br)c(C)nn1C. The normalized spacial score (nSPS) is 13.2. The molecular formula is C15H29BrN4. The topological polar surface area (TPSA) is 33.1 Å². The number of halogens is 1. The van der Waals surface area contributed by atoms with Crippen molar-refractivity contribution in [2.75, 3.05) is 19.6 Å². The van der Waals surface area contributed by atoms with Gasteiger partial charge in [-0.25, -0.2) is 0 Å². The van der Waals surface area contributed by atoms with Gasteiger partial charge >= 0.3 is 0 Å². The minimum absolute atomic E-state index is 0.535. The Morgan fingerprint density at radius 1 is 1.35 bits per heavy atom. The Morgan fingerprint density at radius 3 is 2.50 bits per heavy atom. The van der Waals surface area contributed by atoms with E-state index in [-0.39, 0.29) is 0 Å². The van der Waals surface area contributed by atoms with Gasteiger partial charge < -0.3 is 10.2 Å². The number of aromatic nitrogens is 2. The third-order valence-corrected chi connectivity index (χ3v) is 4.92. The van der Waals surface area contributed by atoms with E-state index in [1.165, 1.54) is 25.1 Å². The van der Waals surface area contributed by atoms with E-state index in [9.17, 15) is 0 Å². The van der Waals surface area contributed by atoms with Crippen LogP contribution < -0.4 is 5.32 Å². The van der Waals surface area contributed by atoms with Crippen molar-refractivity contribution in [3.05, 3.63) is 15.9 Å². The average molecular weight is 345 g/mol. The van der Waals surface area contributed by atoms with Gasteiger partial charge in [0.15, 0.2) is 0 Å². The second-order valence-corrected chi connectivity index (χ2v) is 6.21. The maximum Gasteiger partial charge on any atom is 0.0739 e. The van der Waals surface area contributed by atoms with E-state index in [4.69, 9.17) is 0 Å². The van der Waals surface area contributed by atoms with E-state index in [2.05, 4.69) is 52.0 Å². The maximum atomic E-state index is 4.42. The van der Waals surface area contributed by atoms with Gasteiger partial charge in [-0.1, -0.05) is 13.8 Å². The molecule has 0 spiro atoms. The molecule has 0 aromatic carbocycles. The third-order valence-electron chi connectivity index (χ3n) is 3.89. The molecule has 0 radical (unpaired) electrons. The highest BCUT2D eigenvalue weighted by Gasteiger charge is 2.11. The van der Waals surface area contributed by atoms with Gasteiger partial charge in [0.05, 0.1) is 15.9 Å². The monoisotopic (exact) mass is 344 g/mol. The van der Waals surface area contributed by atoms with Crippen LogP contribution in [0.4, 0.5) is 0 Å². The summed E-state index contributed by atoms with van der Waals surface area (Å²) in [5.41, 5.74) is 2.27. The molecule has 5 heteroatoms. The molecule has 4 nitrogen and oxygen atoms in total. The fourth-order valence-corrected chi connectivity index (χ4v) is 2.88. The molecule has 116 valence electrons. The van der Waals surface area contributed by atoms with Gasteiger partial charge in [-0.05, 0) is 62.3 Å². The van der Waals surface area contributed by atoms with Crippen LogP contribution >= 0.6 is 15.9 Å². The lowest BCUT2D eigenvalue weighted by Gasteiger charge is -2.19. The van der Waals surface area contributed by atoms with Crippen LogP contribution in [0.3, 0.4) is 0 Å². The molecule has 1 aromatic heterocycles. The van der Waals surface area contributed by atoms with Crippen molar-refractivity contribution in [2.24, 2.45) is 7.05 Å². The molecule has 0 saturated heterocycles. The van der Waals surface area contributed by atoms with Gasteiger partial charge in [-0.3, -0.25) is 4.68 Å². The fourth-order valence-electron chi connectivity index (χ4n) is 2.41. The minimum Gasteiger partial charge on any atom is -0.309 e. The van der Waals surface area contributed by atoms with E-state index in [1.807, 2.05) is 18.7 Å². The summed E-state index contributed by atoms with van der Waals surface area (Å²) in [5.74, 6) is 0. The van der Waals surface area contributed by atoms with Crippen molar-refractivity contribution in [3.63, 3.8) is 0 Å². The summed E-state index contributed by atoms with van der Waals surface area (Å²) in [5, 5.41) is 8.01. The summed E-state index contributed by atoms with van der Waals surface area (Å²) >= 11 is 3.61. The summed E-state index contributed by atoms with van der Waals surface area (Å²) < 4.78 is 3.08. The fraction of sp³-hybridized carbons (Fsp3) is 0.800. The van der Waals surface area contributed by atoms with Gasteiger partial charge in [0, 0.05) is 19.6 Å². The number of hydrogen-bond donors (Lipinski definition) is 1. The summed E-state index contributed by atoms with van der Waals surface area (Å²) in [6.45, 7) is 13.1. The van der Waals surface area contributed by atoms with Crippen LogP contribution in [0.2, 0.25) is 0 Å². The Labute approximate surface area is 132 Å². The number of nitrogens with zero attached hydrogens (tertiary/aromatic N) is 3. The number of aryl methyl sites for hydroxylation is 2. The highest BCUT2D eigenvalue weighted by Crippen LogP contribution is 2.20. The van der Waals surface area contributed by atoms with Crippen molar-refractivity contribution < 1.29 is 0 Å². The molecule has 20 heavy (non-hydrogen) atoms. The predicted molar refractivity (Wildman–Crippen MR) is 89.0 cm³/mol. The lowest BCUT2D eigenvalue weighted by Crippen LogP contribution is -2.29. The predicted octanol–water partition coefficient (Wildman–Crippen LogP) is 3.09. The first-order valence-corrected chi connectivity index (χ1v) is 8.42. The van der Waals surface area contributed by atoms with Crippen LogP contribution in [0.5, 0.6) is 0 Å². The maximum absolute atomic E-state index is 4.42. The molecule has 1 N–H and O–H groups in total. The lowest BCUT2D eigenvalue weighted by atomic mass is 10.1. The van der Waals surface area contributed by atoms with Crippen molar-refractivity contribution >= 4 is 15.9 Å². The van der Waals surface area contributed by atoms with Crippen molar-refractivity contribution in [1.29, 1.82) is 0 Å². The lowest BCUT2D eigenvalue weighted by molar-refractivity contribution is 0.290. The summed E-state index contributed by atoms with van der Waals surface area (Å²) in [4.78, 5) is 2.48. The molecule has 0 fully saturated rings. The van der Waals surface area contributed by atoms with Crippen molar-refractivity contribution in [2.45, 2.75) is 53.1 Å². The highest BCUT2D eigenvalue weighted by atomic mass is 79.9. The molecule has 0 aliphatic carbocycles. The van der Waals surface area contributed by atoms with Crippen LogP contribution in [0.25, 0.3) is 0 Å². The molecule has 1 rings (SSSR count). The summed E-state index contributed by atoms with van der Waals surface area (Å²) in [6.07, 6.45) is 2.46. The van der Waals surface area contributed by atoms with Crippen LogP contribution in [0.1, 0.15) is 45.0 Å². The molecule has 0 aliphatic rings. The molecular weight excluding hydrogens is 316 g/mol. The molecule has 1 aromatic rings. The quantitative estimate of drug-likeness (QED) is 0.747. The minimum atomic E-state index is 0.535. The molecule has 0 aliphatic heterocycles. The van der Waals surface area contributed by atoms with E-state index in [0.29, 0.717) is 6.04 Å². The Morgan fingerprint density at radius 2 is 2.00 bits per heavy atom. The number of hydrogen-bond acceptors (Lipinski definition) is 3. The Kier molecular flexibility index (Phi) is 7.77. The molecule has 0 bridgehead atoms. The first-order chi connectivity index (χ1) is 9.49. The van der Waals surface area contributed by atoms with Crippen LogP contribution in [-0.2, 0) is 13.6 Å². The second-order valence-electron chi connectivity index (χ2n) is 5.42. The standard InChI is InChI=1S/C15H29BrN4/c1-6-20(7-2)10-8-9-12(3)17-11-14-15(16)13(4)18-19(14)5/h12,17H,6-11H2,1-5H3. The smallest absolute Gasteiger partial charge is 0.0739 e. The number of rotatable bonds is 9. The van der Waals surface area contributed by atoms with E-state index in [0.717, 1.165) is 29.8 Å². The largest absolute Gasteiger partial charge is 0.309 e. The van der Waals surface area contributed by atoms with E-state index in [1.54, 1.807) is 0 Å². The van der Waals surface area contributed by atoms with Gasteiger partial charge in [-0.15, -0.1) is 0 Å². The van der Waals surface area contributed by atoms with Gasteiger partial charge in [0.2, 0.25) is 0 Å². The molecule has 1 heterocycles. The Balaban J connectivity index is 2.31. The van der Waals surface area contributed by atoms with Gasteiger partial charge in [0.1, 0.15) is 0 Å². The Bertz CT molecular complexity index is 399. The second kappa shape index (κ2) is 8.80. The first kappa shape index (κ1) is 17.7. The molecule has 0 saturated carbocycles. The van der Waals surface area contributed by atoms with Crippen LogP contribution in [0.15, 0.2) is 4.47 Å². The van der Waals surface area contributed by atoms with Crippen molar-refractivity contribution in [3.8, 4) is 0 Å². The molecule has 1 unspecified atom stereocenters. The zero-order valence-corrected chi connectivity index (χ0v) is 15.1. The highest BCUT2D eigenvalue weighted by molar-refractivity contribution is 9.10. The Hall–Kier alpha value is -0.390. The first-order valence-electron chi connectivity index (χ1n) is 7.63. The van der Waals surface area contributed by atoms with Crippen LogP contribution in [-0.4, -0.2) is 40.4 Å². The molecule has 1 atom stereocenters. The van der Waals surface area contributed by atoms with E-state index < -0.39 is 0 Å². The van der Waals surface area contributed by atoms with Crippen molar-refractivity contribution in [1.82, 2.24) is 20.0 Å². The van der Waals surface area contributed by atoms with E-state index >= 15 is 0 Å². The third kappa shape index (κ3) is 5.19. The van der Waals surface area contributed by atoms with Gasteiger partial charge in [-0.2, -0.15) is 5.10 Å². The molecule has 0 amide bonds. The zero-order chi connectivity index (χ0) is 15.1. The average Bonchev–Trinajstić information content (AvgIpc) is 2.66.